The van der Waals surface area contributed by atoms with Gasteiger partial charge in [-0.15, -0.1) is 0 Å². The van der Waals surface area contributed by atoms with Crippen LogP contribution < -0.4 is 5.32 Å². The monoisotopic (exact) mass is 269 g/mol. The number of carbonyl (C=O) groups is 1. The molecule has 2 unspecified atom stereocenters. The Bertz CT molecular complexity index is 636. The van der Waals surface area contributed by atoms with Crippen molar-refractivity contribution in [3.63, 3.8) is 0 Å². The second kappa shape index (κ2) is 5.08. The van der Waals surface area contributed by atoms with Crippen LogP contribution >= 0.6 is 0 Å². The maximum absolute atomic E-state index is 12.9. The third kappa shape index (κ3) is 2.31. The Morgan fingerprint density at radius 1 is 1.15 bits per heavy atom. The summed E-state index contributed by atoms with van der Waals surface area (Å²) in [6.07, 6.45) is 0.977. The van der Waals surface area contributed by atoms with Gasteiger partial charge in [0.1, 0.15) is 5.82 Å². The Labute approximate surface area is 117 Å². The predicted octanol–water partition coefficient (Wildman–Crippen LogP) is 3.49. The SMILES string of the molecule is CC1Cc2ccccc2C1NC(=O)c1ccc(F)cc1. The number of amides is 1. The van der Waals surface area contributed by atoms with Crippen LogP contribution in [-0.4, -0.2) is 5.91 Å². The highest BCUT2D eigenvalue weighted by molar-refractivity contribution is 5.94. The van der Waals surface area contributed by atoms with Crippen molar-refractivity contribution in [2.45, 2.75) is 19.4 Å². The number of halogens is 1. The van der Waals surface area contributed by atoms with Gasteiger partial charge in [0.15, 0.2) is 0 Å². The zero-order chi connectivity index (χ0) is 14.1. The molecule has 3 heteroatoms. The predicted molar refractivity (Wildman–Crippen MR) is 75.9 cm³/mol. The van der Waals surface area contributed by atoms with Crippen LogP contribution in [0, 0.1) is 11.7 Å². The smallest absolute Gasteiger partial charge is 0.251 e. The van der Waals surface area contributed by atoms with Gasteiger partial charge in [0.25, 0.3) is 5.91 Å². The molecular weight excluding hydrogens is 253 g/mol. The fraction of sp³-hybridized carbons (Fsp3) is 0.235. The van der Waals surface area contributed by atoms with Crippen molar-refractivity contribution in [3.05, 3.63) is 71.0 Å². The molecule has 2 aromatic rings. The van der Waals surface area contributed by atoms with E-state index in [4.69, 9.17) is 0 Å². The first-order valence-corrected chi connectivity index (χ1v) is 6.79. The number of carbonyl (C=O) groups excluding carboxylic acids is 1. The van der Waals surface area contributed by atoms with Gasteiger partial charge in [0.2, 0.25) is 0 Å². The van der Waals surface area contributed by atoms with Crippen LogP contribution in [0.1, 0.15) is 34.5 Å². The molecule has 0 fully saturated rings. The highest BCUT2D eigenvalue weighted by Gasteiger charge is 2.30. The topological polar surface area (TPSA) is 29.1 Å². The van der Waals surface area contributed by atoms with Crippen LogP contribution in [0.3, 0.4) is 0 Å². The van der Waals surface area contributed by atoms with E-state index < -0.39 is 0 Å². The summed E-state index contributed by atoms with van der Waals surface area (Å²) < 4.78 is 12.9. The Balaban J connectivity index is 1.81. The molecule has 1 amide bonds. The Hall–Kier alpha value is -2.16. The molecule has 0 saturated heterocycles. The summed E-state index contributed by atoms with van der Waals surface area (Å²) in [6.45, 7) is 2.13. The van der Waals surface area contributed by atoms with Crippen molar-refractivity contribution in [1.82, 2.24) is 5.32 Å². The van der Waals surface area contributed by atoms with Gasteiger partial charge in [0, 0.05) is 5.56 Å². The second-order valence-electron chi connectivity index (χ2n) is 5.34. The van der Waals surface area contributed by atoms with E-state index in [9.17, 15) is 9.18 Å². The fourth-order valence-corrected chi connectivity index (χ4v) is 2.84. The Morgan fingerprint density at radius 3 is 2.60 bits per heavy atom. The number of rotatable bonds is 2. The first-order valence-electron chi connectivity index (χ1n) is 6.79. The summed E-state index contributed by atoms with van der Waals surface area (Å²) in [5, 5.41) is 3.06. The lowest BCUT2D eigenvalue weighted by atomic mass is 10.0. The van der Waals surface area contributed by atoms with E-state index in [1.807, 2.05) is 12.1 Å². The number of benzene rings is 2. The summed E-state index contributed by atoms with van der Waals surface area (Å²) in [5.74, 6) is -0.114. The molecule has 0 aliphatic heterocycles. The molecule has 1 aliphatic rings. The lowest BCUT2D eigenvalue weighted by Crippen LogP contribution is -2.30. The molecule has 1 aliphatic carbocycles. The molecule has 0 heterocycles. The summed E-state index contributed by atoms with van der Waals surface area (Å²) in [5.41, 5.74) is 2.97. The van der Waals surface area contributed by atoms with Gasteiger partial charge in [-0.2, -0.15) is 0 Å². The first-order chi connectivity index (χ1) is 9.65. The number of nitrogens with one attached hydrogen (secondary N) is 1. The van der Waals surface area contributed by atoms with Gasteiger partial charge in [0.05, 0.1) is 6.04 Å². The van der Waals surface area contributed by atoms with Crippen LogP contribution in [0.2, 0.25) is 0 Å². The summed E-state index contributed by atoms with van der Waals surface area (Å²) >= 11 is 0. The molecule has 0 spiro atoms. The van der Waals surface area contributed by atoms with Crippen LogP contribution in [0.5, 0.6) is 0 Å². The van der Waals surface area contributed by atoms with Crippen LogP contribution in [0.4, 0.5) is 4.39 Å². The van der Waals surface area contributed by atoms with E-state index in [1.54, 1.807) is 0 Å². The van der Waals surface area contributed by atoms with E-state index in [-0.39, 0.29) is 17.8 Å². The standard InChI is InChI=1S/C17H16FNO/c1-11-10-13-4-2-3-5-15(13)16(11)19-17(20)12-6-8-14(18)9-7-12/h2-9,11,16H,10H2,1H3,(H,19,20). The summed E-state index contributed by atoms with van der Waals surface area (Å²) in [7, 11) is 0. The average Bonchev–Trinajstić information content (AvgIpc) is 2.76. The minimum Gasteiger partial charge on any atom is -0.345 e. The average molecular weight is 269 g/mol. The number of hydrogen-bond donors (Lipinski definition) is 1. The quantitative estimate of drug-likeness (QED) is 0.888. The molecule has 2 aromatic carbocycles. The lowest BCUT2D eigenvalue weighted by molar-refractivity contribution is 0.0927. The zero-order valence-electron chi connectivity index (χ0n) is 11.3. The molecule has 102 valence electrons. The largest absolute Gasteiger partial charge is 0.345 e. The normalized spacial score (nSPS) is 20.5. The van der Waals surface area contributed by atoms with Gasteiger partial charge < -0.3 is 5.32 Å². The third-order valence-corrected chi connectivity index (χ3v) is 3.89. The van der Waals surface area contributed by atoms with E-state index in [1.165, 1.54) is 35.4 Å². The van der Waals surface area contributed by atoms with Gasteiger partial charge in [-0.05, 0) is 47.7 Å². The van der Waals surface area contributed by atoms with Crippen LogP contribution in [0.15, 0.2) is 48.5 Å². The maximum Gasteiger partial charge on any atom is 0.251 e. The van der Waals surface area contributed by atoms with Crippen molar-refractivity contribution in [2.75, 3.05) is 0 Å². The van der Waals surface area contributed by atoms with Crippen LogP contribution in [-0.2, 0) is 6.42 Å². The molecule has 2 atom stereocenters. The van der Waals surface area contributed by atoms with E-state index in [0.29, 0.717) is 11.5 Å². The van der Waals surface area contributed by atoms with Gasteiger partial charge in [-0.1, -0.05) is 31.2 Å². The fourth-order valence-electron chi connectivity index (χ4n) is 2.84. The van der Waals surface area contributed by atoms with E-state index in [0.717, 1.165) is 6.42 Å². The molecule has 0 radical (unpaired) electrons. The van der Waals surface area contributed by atoms with Crippen LogP contribution in [0.25, 0.3) is 0 Å². The molecule has 3 rings (SSSR count). The van der Waals surface area contributed by atoms with Crippen molar-refractivity contribution in [2.24, 2.45) is 5.92 Å². The van der Waals surface area contributed by atoms with Crippen molar-refractivity contribution in [3.8, 4) is 0 Å². The molecule has 2 nitrogen and oxygen atoms in total. The molecule has 1 N–H and O–H groups in total. The molecule has 20 heavy (non-hydrogen) atoms. The minimum atomic E-state index is -0.332. The maximum atomic E-state index is 12.9. The van der Waals surface area contributed by atoms with E-state index in [2.05, 4.69) is 24.4 Å². The third-order valence-electron chi connectivity index (χ3n) is 3.89. The van der Waals surface area contributed by atoms with Crippen molar-refractivity contribution >= 4 is 5.91 Å². The zero-order valence-corrected chi connectivity index (χ0v) is 11.3. The molecule has 0 saturated carbocycles. The second-order valence-corrected chi connectivity index (χ2v) is 5.34. The molecule has 0 bridgehead atoms. The minimum absolute atomic E-state index is 0.0313. The highest BCUT2D eigenvalue weighted by atomic mass is 19.1. The summed E-state index contributed by atoms with van der Waals surface area (Å²) in [6, 6.07) is 13.9. The number of hydrogen-bond acceptors (Lipinski definition) is 1. The van der Waals surface area contributed by atoms with Crippen molar-refractivity contribution in [1.29, 1.82) is 0 Å². The highest BCUT2D eigenvalue weighted by Crippen LogP contribution is 2.35. The first kappa shape index (κ1) is 12.9. The van der Waals surface area contributed by atoms with Gasteiger partial charge in [-0.3, -0.25) is 4.79 Å². The Morgan fingerprint density at radius 2 is 1.85 bits per heavy atom. The molecule has 0 aromatic heterocycles. The molecular formula is C17H16FNO. The van der Waals surface area contributed by atoms with Gasteiger partial charge in [-0.25, -0.2) is 4.39 Å². The van der Waals surface area contributed by atoms with Crippen molar-refractivity contribution < 1.29 is 9.18 Å². The summed E-state index contributed by atoms with van der Waals surface area (Å²) in [4.78, 5) is 12.2. The number of fused-ring (bicyclic) bond motifs is 1. The lowest BCUT2D eigenvalue weighted by Gasteiger charge is -2.18. The van der Waals surface area contributed by atoms with E-state index >= 15 is 0 Å². The Kier molecular flexibility index (Phi) is 3.26. The van der Waals surface area contributed by atoms with Gasteiger partial charge >= 0.3 is 0 Å².